The topological polar surface area (TPSA) is 58.4 Å². The highest BCUT2D eigenvalue weighted by Crippen LogP contribution is 2.20. The smallest absolute Gasteiger partial charge is 0.227 e. The van der Waals surface area contributed by atoms with Crippen LogP contribution in [0.4, 0.5) is 0 Å². The number of hydrogen-bond donors (Lipinski definition) is 1. The standard InChI is InChI=1S/C16H27N3O2/c1-4-14-13(15(5-2)21-18-14)9-16(20)19-8-6-7-12(11-19)10-17-3/h12,17H,4-11H2,1-3H3. The Hall–Kier alpha value is -1.36. The summed E-state index contributed by atoms with van der Waals surface area (Å²) in [5.74, 6) is 1.65. The summed E-state index contributed by atoms with van der Waals surface area (Å²) in [7, 11) is 1.97. The van der Waals surface area contributed by atoms with Crippen molar-refractivity contribution in [3.8, 4) is 0 Å². The molecule has 1 amide bonds. The normalized spacial score (nSPS) is 19.0. The number of likely N-dealkylation sites (tertiary alicyclic amines) is 1. The number of carbonyl (C=O) groups excluding carboxylic acids is 1. The summed E-state index contributed by atoms with van der Waals surface area (Å²) in [4.78, 5) is 14.6. The van der Waals surface area contributed by atoms with E-state index >= 15 is 0 Å². The van der Waals surface area contributed by atoms with Crippen molar-refractivity contribution in [2.75, 3.05) is 26.7 Å². The predicted molar refractivity (Wildman–Crippen MR) is 82.2 cm³/mol. The van der Waals surface area contributed by atoms with Crippen LogP contribution in [0.25, 0.3) is 0 Å². The zero-order valence-corrected chi connectivity index (χ0v) is 13.4. The highest BCUT2D eigenvalue weighted by Gasteiger charge is 2.25. The van der Waals surface area contributed by atoms with Gasteiger partial charge in [0.25, 0.3) is 0 Å². The summed E-state index contributed by atoms with van der Waals surface area (Å²) in [5.41, 5.74) is 1.95. The maximum absolute atomic E-state index is 12.6. The van der Waals surface area contributed by atoms with Gasteiger partial charge in [-0.15, -0.1) is 0 Å². The van der Waals surface area contributed by atoms with Crippen molar-refractivity contribution in [1.82, 2.24) is 15.4 Å². The molecule has 5 heteroatoms. The highest BCUT2D eigenvalue weighted by atomic mass is 16.5. The minimum Gasteiger partial charge on any atom is -0.361 e. The summed E-state index contributed by atoms with van der Waals surface area (Å²) < 4.78 is 5.35. The molecule has 1 aromatic heterocycles. The quantitative estimate of drug-likeness (QED) is 0.869. The Kier molecular flexibility index (Phi) is 5.79. The lowest BCUT2D eigenvalue weighted by molar-refractivity contribution is -0.132. The van der Waals surface area contributed by atoms with E-state index in [9.17, 15) is 4.79 Å². The molecule has 0 bridgehead atoms. The lowest BCUT2D eigenvalue weighted by Gasteiger charge is -2.32. The number of nitrogens with one attached hydrogen (secondary N) is 1. The van der Waals surface area contributed by atoms with Crippen molar-refractivity contribution in [3.05, 3.63) is 17.0 Å². The third-order valence-corrected chi connectivity index (χ3v) is 4.30. The van der Waals surface area contributed by atoms with Crippen LogP contribution in [0.5, 0.6) is 0 Å². The monoisotopic (exact) mass is 293 g/mol. The molecule has 0 aromatic carbocycles. The lowest BCUT2D eigenvalue weighted by atomic mass is 9.97. The molecule has 1 atom stereocenters. The summed E-state index contributed by atoms with van der Waals surface area (Å²) in [6.07, 6.45) is 4.34. The molecule has 0 saturated carbocycles. The largest absolute Gasteiger partial charge is 0.361 e. The number of rotatable bonds is 6. The molecule has 0 aliphatic carbocycles. The van der Waals surface area contributed by atoms with Gasteiger partial charge in [0.2, 0.25) is 5.91 Å². The van der Waals surface area contributed by atoms with Crippen molar-refractivity contribution in [2.24, 2.45) is 5.92 Å². The van der Waals surface area contributed by atoms with Gasteiger partial charge < -0.3 is 14.7 Å². The minimum absolute atomic E-state index is 0.211. The first kappa shape index (κ1) is 16.0. The van der Waals surface area contributed by atoms with Gasteiger partial charge in [-0.05, 0) is 38.8 Å². The van der Waals surface area contributed by atoms with Crippen LogP contribution in [-0.4, -0.2) is 42.6 Å². The first-order valence-corrected chi connectivity index (χ1v) is 8.08. The third kappa shape index (κ3) is 3.84. The van der Waals surface area contributed by atoms with Gasteiger partial charge in [-0.2, -0.15) is 0 Å². The van der Waals surface area contributed by atoms with Crippen LogP contribution < -0.4 is 5.32 Å². The number of hydrogen-bond acceptors (Lipinski definition) is 4. The molecule has 1 aliphatic rings. The van der Waals surface area contributed by atoms with E-state index in [1.807, 2.05) is 18.9 Å². The van der Waals surface area contributed by atoms with Crippen LogP contribution >= 0.6 is 0 Å². The molecule has 1 aliphatic heterocycles. The average Bonchev–Trinajstić information content (AvgIpc) is 2.89. The van der Waals surface area contributed by atoms with Crippen LogP contribution in [0.3, 0.4) is 0 Å². The maximum atomic E-state index is 12.6. The van der Waals surface area contributed by atoms with Gasteiger partial charge >= 0.3 is 0 Å². The Morgan fingerprint density at radius 1 is 1.43 bits per heavy atom. The van der Waals surface area contributed by atoms with Gasteiger partial charge in [-0.3, -0.25) is 4.79 Å². The van der Waals surface area contributed by atoms with Gasteiger partial charge in [0.1, 0.15) is 5.76 Å². The van der Waals surface area contributed by atoms with Crippen molar-refractivity contribution < 1.29 is 9.32 Å². The van der Waals surface area contributed by atoms with Crippen LogP contribution in [-0.2, 0) is 24.1 Å². The van der Waals surface area contributed by atoms with Crippen LogP contribution in [0.2, 0.25) is 0 Å². The molecule has 2 rings (SSSR count). The molecule has 118 valence electrons. The molecule has 1 N–H and O–H groups in total. The number of aryl methyl sites for hydroxylation is 2. The summed E-state index contributed by atoms with van der Waals surface area (Å²) in [5, 5.41) is 7.31. The number of piperidine rings is 1. The Morgan fingerprint density at radius 3 is 2.90 bits per heavy atom. The zero-order chi connectivity index (χ0) is 15.2. The first-order chi connectivity index (χ1) is 10.2. The summed E-state index contributed by atoms with van der Waals surface area (Å²) in [6, 6.07) is 0. The van der Waals surface area contributed by atoms with Crippen molar-refractivity contribution in [2.45, 2.75) is 46.0 Å². The number of carbonyl (C=O) groups is 1. The molecule has 0 radical (unpaired) electrons. The van der Waals surface area contributed by atoms with Gasteiger partial charge in [-0.25, -0.2) is 0 Å². The average molecular weight is 293 g/mol. The Labute approximate surface area is 127 Å². The predicted octanol–water partition coefficient (Wildman–Crippen LogP) is 1.80. The summed E-state index contributed by atoms with van der Waals surface area (Å²) >= 11 is 0. The van der Waals surface area contributed by atoms with E-state index in [1.165, 1.54) is 6.42 Å². The van der Waals surface area contributed by atoms with E-state index in [2.05, 4.69) is 17.4 Å². The fraction of sp³-hybridized carbons (Fsp3) is 0.750. The molecule has 0 spiro atoms. The molecule has 1 aromatic rings. The van der Waals surface area contributed by atoms with Gasteiger partial charge in [-0.1, -0.05) is 19.0 Å². The SMILES string of the molecule is CCc1noc(CC)c1CC(=O)N1CCCC(CNC)C1. The van der Waals surface area contributed by atoms with Gasteiger partial charge in [0.05, 0.1) is 12.1 Å². The fourth-order valence-electron chi connectivity index (χ4n) is 3.15. The molecule has 2 heterocycles. The van der Waals surface area contributed by atoms with Gasteiger partial charge in [0.15, 0.2) is 0 Å². The van der Waals surface area contributed by atoms with Crippen molar-refractivity contribution >= 4 is 5.91 Å². The number of nitrogens with zero attached hydrogens (tertiary/aromatic N) is 2. The van der Waals surface area contributed by atoms with Gasteiger partial charge in [0, 0.05) is 25.1 Å². The van der Waals surface area contributed by atoms with Crippen molar-refractivity contribution in [3.63, 3.8) is 0 Å². The van der Waals surface area contributed by atoms with E-state index in [-0.39, 0.29) is 5.91 Å². The molecule has 1 unspecified atom stereocenters. The summed E-state index contributed by atoms with van der Waals surface area (Å²) in [6.45, 7) is 6.82. The second-order valence-corrected chi connectivity index (χ2v) is 5.82. The third-order valence-electron chi connectivity index (χ3n) is 4.30. The fourth-order valence-corrected chi connectivity index (χ4v) is 3.15. The number of aromatic nitrogens is 1. The van der Waals surface area contributed by atoms with Crippen molar-refractivity contribution in [1.29, 1.82) is 0 Å². The highest BCUT2D eigenvalue weighted by molar-refractivity contribution is 5.79. The van der Waals surface area contributed by atoms with E-state index in [1.54, 1.807) is 0 Å². The molecular formula is C16H27N3O2. The van der Waals surface area contributed by atoms with E-state index < -0.39 is 0 Å². The minimum atomic E-state index is 0.211. The van der Waals surface area contributed by atoms with Crippen LogP contribution in [0, 0.1) is 5.92 Å². The second kappa shape index (κ2) is 7.59. The maximum Gasteiger partial charge on any atom is 0.227 e. The lowest BCUT2D eigenvalue weighted by Crippen LogP contribution is -2.43. The molecular weight excluding hydrogens is 266 g/mol. The Morgan fingerprint density at radius 2 is 2.24 bits per heavy atom. The number of amides is 1. The Bertz CT molecular complexity index is 447. The second-order valence-electron chi connectivity index (χ2n) is 5.82. The Balaban J connectivity index is 2.02. The van der Waals surface area contributed by atoms with Crippen LogP contribution in [0.1, 0.15) is 43.7 Å². The van der Waals surface area contributed by atoms with E-state index in [0.717, 1.165) is 55.9 Å². The first-order valence-electron chi connectivity index (χ1n) is 8.08. The van der Waals surface area contributed by atoms with Crippen LogP contribution in [0.15, 0.2) is 4.52 Å². The van der Waals surface area contributed by atoms with E-state index in [0.29, 0.717) is 12.3 Å². The molecule has 1 fully saturated rings. The molecule has 21 heavy (non-hydrogen) atoms. The molecule has 5 nitrogen and oxygen atoms in total. The molecule has 1 saturated heterocycles. The van der Waals surface area contributed by atoms with E-state index in [4.69, 9.17) is 4.52 Å². The zero-order valence-electron chi connectivity index (χ0n) is 13.4.